The third-order valence-corrected chi connectivity index (χ3v) is 4.16. The Balaban J connectivity index is 2.16. The van der Waals surface area contributed by atoms with Crippen LogP contribution in [0.25, 0.3) is 0 Å². The average molecular weight is 296 g/mol. The molecule has 0 spiro atoms. The van der Waals surface area contributed by atoms with Gasteiger partial charge in [0.25, 0.3) is 0 Å². The Morgan fingerprint density at radius 2 is 1.33 bits per heavy atom. The first-order chi connectivity index (χ1) is 10.4. The van der Waals surface area contributed by atoms with E-state index in [9.17, 15) is 5.26 Å². The largest absolute Gasteiger partial charge is 0.218 e. The Morgan fingerprint density at radius 1 is 0.762 bits per heavy atom. The molecule has 4 heteroatoms. The summed E-state index contributed by atoms with van der Waals surface area (Å²) in [5.41, 5.74) is 2.84. The molecule has 0 radical (unpaired) electrons. The van der Waals surface area contributed by atoms with Crippen molar-refractivity contribution >= 4 is 0 Å². The van der Waals surface area contributed by atoms with E-state index in [0.717, 1.165) is 45.1 Å². The minimum atomic E-state index is 0.264. The molecule has 122 valence electrons. The number of hydrogen-bond donors (Lipinski definition) is 1. The van der Waals surface area contributed by atoms with Crippen molar-refractivity contribution in [3.8, 4) is 6.07 Å². The predicted molar refractivity (Wildman–Crippen MR) is 84.2 cm³/mol. The monoisotopic (exact) mass is 296 g/mol. The molecule has 0 aromatic rings. The maximum atomic E-state index is 9.18. The van der Waals surface area contributed by atoms with E-state index in [1.54, 1.807) is 0 Å². The molecular formula is C17H32N2O2. The summed E-state index contributed by atoms with van der Waals surface area (Å²) in [6, 6.07) is 2.47. The molecule has 1 aliphatic rings. The number of hydrogen-bond acceptors (Lipinski definition) is 4. The Labute approximate surface area is 130 Å². The lowest BCUT2D eigenvalue weighted by molar-refractivity contribution is -0.336. The molecule has 1 fully saturated rings. The Morgan fingerprint density at radius 3 is 2.00 bits per heavy atom. The van der Waals surface area contributed by atoms with Crippen LogP contribution in [-0.2, 0) is 9.88 Å². The summed E-state index contributed by atoms with van der Waals surface area (Å²) < 4.78 is 0. The zero-order valence-electron chi connectivity index (χ0n) is 13.4. The number of nitrogens with zero attached hydrogens (tertiary/aromatic N) is 1. The van der Waals surface area contributed by atoms with Gasteiger partial charge in [-0.2, -0.15) is 10.7 Å². The first-order valence-corrected chi connectivity index (χ1v) is 8.84. The average Bonchev–Trinajstić information content (AvgIpc) is 2.51. The van der Waals surface area contributed by atoms with Crippen LogP contribution in [0.15, 0.2) is 0 Å². The van der Waals surface area contributed by atoms with E-state index in [4.69, 9.17) is 9.88 Å². The highest BCUT2D eigenvalue weighted by atomic mass is 17.3. The van der Waals surface area contributed by atoms with Crippen molar-refractivity contribution in [2.24, 2.45) is 5.92 Å². The van der Waals surface area contributed by atoms with Crippen LogP contribution in [0.4, 0.5) is 0 Å². The molecule has 1 saturated heterocycles. The number of rotatable bonds is 0. The second-order valence-corrected chi connectivity index (χ2v) is 6.09. The van der Waals surface area contributed by atoms with Crippen LogP contribution < -0.4 is 5.48 Å². The van der Waals surface area contributed by atoms with Gasteiger partial charge in [-0.1, -0.05) is 57.8 Å². The summed E-state index contributed by atoms with van der Waals surface area (Å²) in [5.74, 6) is 0.264. The molecule has 0 amide bonds. The molecule has 1 atom stereocenters. The molecular weight excluding hydrogens is 264 g/mol. The van der Waals surface area contributed by atoms with Gasteiger partial charge >= 0.3 is 0 Å². The van der Waals surface area contributed by atoms with Crippen molar-refractivity contribution in [1.82, 2.24) is 5.48 Å². The summed E-state index contributed by atoms with van der Waals surface area (Å²) in [6.07, 6.45) is 15.6. The molecule has 4 nitrogen and oxygen atoms in total. The van der Waals surface area contributed by atoms with Crippen LogP contribution in [0, 0.1) is 17.2 Å². The minimum absolute atomic E-state index is 0.264. The van der Waals surface area contributed by atoms with Crippen molar-refractivity contribution in [3.63, 3.8) is 0 Å². The number of nitriles is 1. The summed E-state index contributed by atoms with van der Waals surface area (Å²) in [5, 5.41) is 9.18. The molecule has 1 heterocycles. The Kier molecular flexibility index (Phi) is 12.6. The van der Waals surface area contributed by atoms with Gasteiger partial charge in [0.2, 0.25) is 0 Å². The topological polar surface area (TPSA) is 54.3 Å². The zero-order valence-corrected chi connectivity index (χ0v) is 13.4. The lowest BCUT2D eigenvalue weighted by atomic mass is 9.96. The molecule has 1 unspecified atom stereocenters. The third-order valence-electron chi connectivity index (χ3n) is 4.16. The van der Waals surface area contributed by atoms with Crippen LogP contribution in [-0.4, -0.2) is 13.2 Å². The quantitative estimate of drug-likeness (QED) is 0.660. The van der Waals surface area contributed by atoms with E-state index in [0.29, 0.717) is 6.61 Å². The molecule has 21 heavy (non-hydrogen) atoms. The van der Waals surface area contributed by atoms with Gasteiger partial charge in [0, 0.05) is 12.5 Å². The molecule has 1 aliphatic heterocycles. The fourth-order valence-electron chi connectivity index (χ4n) is 2.78. The third kappa shape index (κ3) is 11.7. The smallest absolute Gasteiger partial charge is 0.0842 e. The molecule has 0 bridgehead atoms. The SMILES string of the molecule is N#CC1CCCCCCCCCCOONCCCCC1. The Hall–Kier alpha value is -0.630. The van der Waals surface area contributed by atoms with Crippen molar-refractivity contribution in [2.75, 3.05) is 13.2 Å². The van der Waals surface area contributed by atoms with E-state index < -0.39 is 0 Å². The summed E-state index contributed by atoms with van der Waals surface area (Å²) >= 11 is 0. The van der Waals surface area contributed by atoms with Crippen molar-refractivity contribution in [1.29, 1.82) is 5.26 Å². The maximum Gasteiger partial charge on any atom is 0.0842 e. The first-order valence-electron chi connectivity index (χ1n) is 8.84. The highest BCUT2D eigenvalue weighted by molar-refractivity contribution is 4.82. The van der Waals surface area contributed by atoms with Crippen LogP contribution in [0.3, 0.4) is 0 Å². The summed E-state index contributed by atoms with van der Waals surface area (Å²) in [6.45, 7) is 1.49. The molecule has 0 saturated carbocycles. The summed E-state index contributed by atoms with van der Waals surface area (Å²) in [4.78, 5) is 10.0. The maximum absolute atomic E-state index is 9.18. The van der Waals surface area contributed by atoms with Crippen LogP contribution in [0.5, 0.6) is 0 Å². The van der Waals surface area contributed by atoms with Gasteiger partial charge in [-0.25, -0.2) is 4.89 Å². The fraction of sp³-hybridized carbons (Fsp3) is 0.941. The van der Waals surface area contributed by atoms with Crippen LogP contribution >= 0.6 is 0 Å². The highest BCUT2D eigenvalue weighted by Gasteiger charge is 2.06. The fourth-order valence-corrected chi connectivity index (χ4v) is 2.78. The number of nitrogens with one attached hydrogen (secondary N) is 1. The first kappa shape index (κ1) is 18.4. The highest BCUT2D eigenvalue weighted by Crippen LogP contribution is 2.18. The molecule has 0 aromatic carbocycles. The second kappa shape index (κ2) is 14.3. The number of hydroxylamine groups is 1. The van der Waals surface area contributed by atoms with Gasteiger partial charge < -0.3 is 0 Å². The minimum Gasteiger partial charge on any atom is -0.218 e. The molecule has 0 aromatic heterocycles. The molecule has 1 rings (SSSR count). The van der Waals surface area contributed by atoms with E-state index in [2.05, 4.69) is 11.5 Å². The van der Waals surface area contributed by atoms with Crippen LogP contribution in [0.2, 0.25) is 0 Å². The van der Waals surface area contributed by atoms with E-state index in [-0.39, 0.29) is 5.92 Å². The Bertz CT molecular complexity index is 246. The zero-order chi connectivity index (χ0) is 15.0. The van der Waals surface area contributed by atoms with Crippen molar-refractivity contribution < 1.29 is 9.88 Å². The van der Waals surface area contributed by atoms with Gasteiger partial charge in [0.1, 0.15) is 0 Å². The molecule has 1 N–H and O–H groups in total. The van der Waals surface area contributed by atoms with Gasteiger partial charge in [0.15, 0.2) is 0 Å². The van der Waals surface area contributed by atoms with Gasteiger partial charge in [-0.05, 0) is 25.7 Å². The van der Waals surface area contributed by atoms with Crippen molar-refractivity contribution in [2.45, 2.75) is 83.5 Å². The van der Waals surface area contributed by atoms with Gasteiger partial charge in [-0.15, -0.1) is 4.99 Å². The lowest BCUT2D eigenvalue weighted by Gasteiger charge is -2.09. The normalized spacial score (nSPS) is 26.0. The van der Waals surface area contributed by atoms with Crippen LogP contribution in [0.1, 0.15) is 83.5 Å². The standard InChI is InChI=1S/C17H32N2O2/c18-16-17-12-8-5-3-1-2-4-6-11-15-20-21-19-14-10-7-9-13-17/h17,19H,1-15H2. The second-order valence-electron chi connectivity index (χ2n) is 6.09. The van der Waals surface area contributed by atoms with E-state index in [1.807, 2.05) is 0 Å². The van der Waals surface area contributed by atoms with E-state index in [1.165, 1.54) is 44.9 Å². The van der Waals surface area contributed by atoms with Gasteiger partial charge in [0.05, 0.1) is 12.7 Å². The lowest BCUT2D eigenvalue weighted by Crippen LogP contribution is -2.16. The van der Waals surface area contributed by atoms with E-state index >= 15 is 0 Å². The van der Waals surface area contributed by atoms with Crippen molar-refractivity contribution in [3.05, 3.63) is 0 Å². The molecule has 0 aliphatic carbocycles. The summed E-state index contributed by atoms with van der Waals surface area (Å²) in [7, 11) is 0. The van der Waals surface area contributed by atoms with Gasteiger partial charge in [-0.3, -0.25) is 0 Å². The predicted octanol–water partition coefficient (Wildman–Crippen LogP) is 4.66.